The zero-order valence-corrected chi connectivity index (χ0v) is 12.8. The van der Waals surface area contributed by atoms with E-state index in [-0.39, 0.29) is 5.91 Å². The summed E-state index contributed by atoms with van der Waals surface area (Å²) in [5.41, 5.74) is 3.60. The van der Waals surface area contributed by atoms with Gasteiger partial charge < -0.3 is 4.74 Å². The predicted octanol–water partition coefficient (Wildman–Crippen LogP) is 3.64. The Hall–Kier alpha value is -3.47. The Morgan fingerprint density at radius 1 is 0.917 bits per heavy atom. The number of benzene rings is 2. The predicted molar refractivity (Wildman–Crippen MR) is 92.3 cm³/mol. The summed E-state index contributed by atoms with van der Waals surface area (Å²) in [5.74, 6) is 1.16. The van der Waals surface area contributed by atoms with Gasteiger partial charge in [-0.15, -0.1) is 0 Å². The number of pyridine rings is 1. The van der Waals surface area contributed by atoms with Crippen LogP contribution in [0.2, 0.25) is 0 Å². The lowest BCUT2D eigenvalue weighted by molar-refractivity contribution is 0.0950. The van der Waals surface area contributed by atoms with Crippen LogP contribution in [-0.4, -0.2) is 17.1 Å². The lowest BCUT2D eigenvalue weighted by Crippen LogP contribution is -2.18. The van der Waals surface area contributed by atoms with Gasteiger partial charge in [-0.2, -0.15) is 5.10 Å². The fraction of sp³-hybridized carbons (Fsp3) is 0. The summed E-state index contributed by atoms with van der Waals surface area (Å²) in [5, 5.41) is 3.93. The first-order valence-electron chi connectivity index (χ1n) is 7.39. The van der Waals surface area contributed by atoms with Crippen molar-refractivity contribution in [2.24, 2.45) is 5.10 Å². The van der Waals surface area contributed by atoms with E-state index in [1.54, 1.807) is 30.6 Å². The number of hydrogen-bond donors (Lipinski definition) is 1. The van der Waals surface area contributed by atoms with E-state index >= 15 is 0 Å². The second kappa shape index (κ2) is 7.69. The van der Waals surface area contributed by atoms with Gasteiger partial charge in [0.2, 0.25) is 0 Å². The third-order valence-corrected chi connectivity index (χ3v) is 3.14. The second-order valence-corrected chi connectivity index (χ2v) is 4.90. The van der Waals surface area contributed by atoms with Crippen LogP contribution in [0.1, 0.15) is 16.1 Å². The van der Waals surface area contributed by atoms with Crippen LogP contribution in [0.15, 0.2) is 84.1 Å². The van der Waals surface area contributed by atoms with E-state index in [0.717, 1.165) is 17.1 Å². The standard InChI is InChI=1S/C19H15N3O2/c23-19(18-8-4-5-13-20-18)22-21-14-15-9-11-17(12-10-15)24-16-6-2-1-3-7-16/h1-14H,(H,22,23)/b21-14+. The van der Waals surface area contributed by atoms with Crippen LogP contribution in [0.4, 0.5) is 0 Å². The van der Waals surface area contributed by atoms with E-state index < -0.39 is 0 Å². The van der Waals surface area contributed by atoms with E-state index in [2.05, 4.69) is 15.5 Å². The van der Waals surface area contributed by atoms with Crippen LogP contribution in [0.25, 0.3) is 0 Å². The minimum absolute atomic E-state index is 0.321. The SMILES string of the molecule is O=C(N/N=C/c1ccc(Oc2ccccc2)cc1)c1ccccn1. The first kappa shape index (κ1) is 15.4. The van der Waals surface area contributed by atoms with E-state index in [1.165, 1.54) is 0 Å². The smallest absolute Gasteiger partial charge is 0.289 e. The van der Waals surface area contributed by atoms with Gasteiger partial charge in [0.25, 0.3) is 5.91 Å². The molecule has 0 atom stereocenters. The summed E-state index contributed by atoms with van der Waals surface area (Å²) in [7, 11) is 0. The van der Waals surface area contributed by atoms with Gasteiger partial charge in [0.15, 0.2) is 0 Å². The summed E-state index contributed by atoms with van der Waals surface area (Å²) in [6.07, 6.45) is 3.12. The third kappa shape index (κ3) is 4.27. The number of carbonyl (C=O) groups is 1. The average Bonchev–Trinajstić information content (AvgIpc) is 2.65. The molecule has 3 aromatic rings. The summed E-state index contributed by atoms with van der Waals surface area (Å²) < 4.78 is 5.71. The maximum atomic E-state index is 11.8. The summed E-state index contributed by atoms with van der Waals surface area (Å²) in [6, 6.07) is 22.1. The van der Waals surface area contributed by atoms with Crippen LogP contribution in [0.5, 0.6) is 11.5 Å². The molecule has 0 aliphatic rings. The molecular formula is C19H15N3O2. The Morgan fingerprint density at radius 3 is 2.33 bits per heavy atom. The Balaban J connectivity index is 1.57. The average molecular weight is 317 g/mol. The largest absolute Gasteiger partial charge is 0.457 e. The summed E-state index contributed by atoms with van der Waals surface area (Å²) >= 11 is 0. The van der Waals surface area contributed by atoms with Crippen molar-refractivity contribution in [1.82, 2.24) is 10.4 Å². The Bertz CT molecular complexity index is 816. The van der Waals surface area contributed by atoms with E-state index in [9.17, 15) is 4.79 Å². The molecule has 0 radical (unpaired) electrons. The molecule has 0 bridgehead atoms. The molecule has 24 heavy (non-hydrogen) atoms. The zero-order chi connectivity index (χ0) is 16.6. The molecule has 5 heteroatoms. The van der Waals surface area contributed by atoms with Gasteiger partial charge in [-0.3, -0.25) is 9.78 Å². The first-order valence-corrected chi connectivity index (χ1v) is 7.39. The summed E-state index contributed by atoms with van der Waals surface area (Å²) in [6.45, 7) is 0. The van der Waals surface area contributed by atoms with Crippen molar-refractivity contribution in [2.75, 3.05) is 0 Å². The second-order valence-electron chi connectivity index (χ2n) is 4.90. The first-order chi connectivity index (χ1) is 11.8. The van der Waals surface area contributed by atoms with Crippen molar-refractivity contribution < 1.29 is 9.53 Å². The van der Waals surface area contributed by atoms with Crippen LogP contribution < -0.4 is 10.2 Å². The molecule has 0 saturated heterocycles. The molecule has 1 aromatic heterocycles. The quantitative estimate of drug-likeness (QED) is 0.577. The van der Waals surface area contributed by atoms with Gasteiger partial charge in [0.05, 0.1) is 6.21 Å². The molecule has 1 heterocycles. The molecule has 1 amide bonds. The van der Waals surface area contributed by atoms with Gasteiger partial charge in [-0.05, 0) is 54.1 Å². The van der Waals surface area contributed by atoms with Gasteiger partial charge in [-0.25, -0.2) is 5.43 Å². The lowest BCUT2D eigenvalue weighted by Gasteiger charge is -2.05. The highest BCUT2D eigenvalue weighted by Crippen LogP contribution is 2.20. The number of carbonyl (C=O) groups excluding carboxylic acids is 1. The highest BCUT2D eigenvalue weighted by atomic mass is 16.5. The fourth-order valence-corrected chi connectivity index (χ4v) is 1.97. The minimum Gasteiger partial charge on any atom is -0.457 e. The number of hydrazone groups is 1. The number of nitrogens with one attached hydrogen (secondary N) is 1. The van der Waals surface area contributed by atoms with Crippen molar-refractivity contribution >= 4 is 12.1 Å². The molecule has 5 nitrogen and oxygen atoms in total. The molecule has 3 rings (SSSR count). The molecule has 0 saturated carbocycles. The van der Waals surface area contributed by atoms with Crippen molar-refractivity contribution in [3.8, 4) is 11.5 Å². The maximum absolute atomic E-state index is 11.8. The minimum atomic E-state index is -0.351. The van der Waals surface area contributed by atoms with E-state index in [0.29, 0.717) is 5.69 Å². The molecule has 0 aliphatic heterocycles. The highest BCUT2D eigenvalue weighted by Gasteiger charge is 2.03. The highest BCUT2D eigenvalue weighted by molar-refractivity contribution is 5.93. The van der Waals surface area contributed by atoms with Gasteiger partial charge in [-0.1, -0.05) is 24.3 Å². The van der Waals surface area contributed by atoms with Gasteiger partial charge >= 0.3 is 0 Å². The van der Waals surface area contributed by atoms with Crippen LogP contribution in [-0.2, 0) is 0 Å². The number of para-hydroxylation sites is 1. The molecule has 1 N–H and O–H groups in total. The number of nitrogens with zero attached hydrogens (tertiary/aromatic N) is 2. The van der Waals surface area contributed by atoms with Crippen molar-refractivity contribution in [2.45, 2.75) is 0 Å². The van der Waals surface area contributed by atoms with E-state index in [4.69, 9.17) is 4.74 Å². The van der Waals surface area contributed by atoms with Crippen molar-refractivity contribution in [3.63, 3.8) is 0 Å². The normalized spacial score (nSPS) is 10.5. The maximum Gasteiger partial charge on any atom is 0.289 e. The van der Waals surface area contributed by atoms with Crippen molar-refractivity contribution in [3.05, 3.63) is 90.3 Å². The monoisotopic (exact) mass is 317 g/mol. The number of amides is 1. The van der Waals surface area contributed by atoms with Crippen LogP contribution >= 0.6 is 0 Å². The molecule has 2 aromatic carbocycles. The van der Waals surface area contributed by atoms with Crippen LogP contribution in [0.3, 0.4) is 0 Å². The Morgan fingerprint density at radius 2 is 1.62 bits per heavy atom. The lowest BCUT2D eigenvalue weighted by atomic mass is 10.2. The van der Waals surface area contributed by atoms with Gasteiger partial charge in [0.1, 0.15) is 17.2 Å². The van der Waals surface area contributed by atoms with Crippen LogP contribution in [0, 0.1) is 0 Å². The Labute approximate surface area is 139 Å². The number of rotatable bonds is 5. The molecule has 118 valence electrons. The molecule has 0 unspecified atom stereocenters. The Kier molecular flexibility index (Phi) is 4.94. The molecule has 0 spiro atoms. The molecular weight excluding hydrogens is 302 g/mol. The molecule has 0 fully saturated rings. The summed E-state index contributed by atoms with van der Waals surface area (Å²) in [4.78, 5) is 15.7. The number of aromatic nitrogens is 1. The number of ether oxygens (including phenoxy) is 1. The fourth-order valence-electron chi connectivity index (χ4n) is 1.97. The van der Waals surface area contributed by atoms with Crippen molar-refractivity contribution in [1.29, 1.82) is 0 Å². The number of hydrogen-bond acceptors (Lipinski definition) is 4. The topological polar surface area (TPSA) is 63.6 Å². The van der Waals surface area contributed by atoms with Gasteiger partial charge in [0, 0.05) is 6.20 Å². The van der Waals surface area contributed by atoms with E-state index in [1.807, 2.05) is 54.6 Å². The third-order valence-electron chi connectivity index (χ3n) is 3.14. The molecule has 0 aliphatic carbocycles. The zero-order valence-electron chi connectivity index (χ0n) is 12.8.